The molecule has 6 nitrogen and oxygen atoms in total. The first-order chi connectivity index (χ1) is 9.88. The molecule has 0 unspecified atom stereocenters. The first-order valence-corrected chi connectivity index (χ1v) is 8.04. The molecule has 6 heteroatoms. The first kappa shape index (κ1) is 12.7. The third-order valence-corrected chi connectivity index (χ3v) is 5.22. The van der Waals surface area contributed by atoms with Crippen LogP contribution in [0, 0.1) is 0 Å². The van der Waals surface area contributed by atoms with Crippen LogP contribution in [-0.2, 0) is 0 Å². The number of hydrogen-bond acceptors (Lipinski definition) is 5. The molecule has 0 amide bonds. The van der Waals surface area contributed by atoms with E-state index in [4.69, 9.17) is 0 Å². The van der Waals surface area contributed by atoms with E-state index in [9.17, 15) is 5.11 Å². The van der Waals surface area contributed by atoms with Crippen LogP contribution in [0.1, 0.15) is 69.3 Å². The van der Waals surface area contributed by atoms with Crippen LogP contribution in [-0.4, -0.2) is 48.9 Å². The van der Waals surface area contributed by atoms with Gasteiger partial charge in [0.15, 0.2) is 5.82 Å². The van der Waals surface area contributed by atoms with Gasteiger partial charge in [0, 0.05) is 12.1 Å². The molecule has 20 heavy (non-hydrogen) atoms. The number of aliphatic hydroxyl groups is 1. The summed E-state index contributed by atoms with van der Waals surface area (Å²) in [5.41, 5.74) is 0. The van der Waals surface area contributed by atoms with Gasteiger partial charge in [0.05, 0.1) is 18.7 Å². The van der Waals surface area contributed by atoms with E-state index in [1.807, 2.05) is 4.68 Å². The summed E-state index contributed by atoms with van der Waals surface area (Å²) in [5, 5.41) is 22.1. The molecular weight excluding hydrogens is 254 g/mol. The predicted octanol–water partition coefficient (Wildman–Crippen LogP) is 1.45. The number of aromatic nitrogens is 4. The lowest BCUT2D eigenvalue weighted by molar-refractivity contribution is 0.0819. The van der Waals surface area contributed by atoms with Crippen LogP contribution >= 0.6 is 0 Å². The summed E-state index contributed by atoms with van der Waals surface area (Å²) in [6.07, 6.45) is 9.72. The molecule has 3 fully saturated rings. The fourth-order valence-corrected chi connectivity index (χ4v) is 4.10. The molecule has 2 atom stereocenters. The summed E-state index contributed by atoms with van der Waals surface area (Å²) in [6.45, 7) is 0.262. The molecule has 1 aromatic heterocycles. The van der Waals surface area contributed by atoms with Crippen molar-refractivity contribution in [1.29, 1.82) is 0 Å². The fourth-order valence-electron chi connectivity index (χ4n) is 4.10. The van der Waals surface area contributed by atoms with Gasteiger partial charge in [0.1, 0.15) is 0 Å². The molecular formula is C14H23N5O. The van der Waals surface area contributed by atoms with E-state index in [1.54, 1.807) is 0 Å². The highest BCUT2D eigenvalue weighted by Gasteiger charge is 2.43. The number of aliphatic hydroxyl groups excluding tert-OH is 1. The molecule has 110 valence electrons. The van der Waals surface area contributed by atoms with Gasteiger partial charge in [-0.3, -0.25) is 4.90 Å². The van der Waals surface area contributed by atoms with Gasteiger partial charge in [-0.05, 0) is 49.0 Å². The summed E-state index contributed by atoms with van der Waals surface area (Å²) in [4.78, 5) is 2.54. The van der Waals surface area contributed by atoms with E-state index in [2.05, 4.69) is 20.4 Å². The molecule has 4 rings (SSSR count). The Kier molecular flexibility index (Phi) is 3.22. The molecule has 1 saturated heterocycles. The van der Waals surface area contributed by atoms with Crippen LogP contribution in [0.25, 0.3) is 0 Å². The van der Waals surface area contributed by atoms with Crippen molar-refractivity contribution in [3.63, 3.8) is 0 Å². The van der Waals surface area contributed by atoms with Gasteiger partial charge in [-0.1, -0.05) is 12.8 Å². The van der Waals surface area contributed by atoms with E-state index in [0.29, 0.717) is 24.2 Å². The number of hydrogen-bond donors (Lipinski definition) is 1. The van der Waals surface area contributed by atoms with Crippen LogP contribution in [0.2, 0.25) is 0 Å². The van der Waals surface area contributed by atoms with E-state index < -0.39 is 0 Å². The summed E-state index contributed by atoms with van der Waals surface area (Å²) < 4.78 is 2.05. The molecule has 3 aliphatic rings. The topological polar surface area (TPSA) is 67.1 Å². The monoisotopic (exact) mass is 277 g/mol. The Balaban J connectivity index is 1.63. The molecule has 2 saturated carbocycles. The van der Waals surface area contributed by atoms with E-state index in [-0.39, 0.29) is 6.61 Å². The lowest BCUT2D eigenvalue weighted by Gasteiger charge is -2.34. The molecule has 0 bridgehead atoms. The Morgan fingerprint density at radius 3 is 2.50 bits per heavy atom. The highest BCUT2D eigenvalue weighted by atomic mass is 16.3. The van der Waals surface area contributed by atoms with Crippen molar-refractivity contribution < 1.29 is 5.11 Å². The Hall–Kier alpha value is -1.01. The second-order valence-corrected chi connectivity index (χ2v) is 6.53. The average molecular weight is 277 g/mol. The van der Waals surface area contributed by atoms with Crippen molar-refractivity contribution in [3.8, 4) is 0 Å². The lowest BCUT2D eigenvalue weighted by Crippen LogP contribution is -2.41. The van der Waals surface area contributed by atoms with Gasteiger partial charge in [0.25, 0.3) is 0 Å². The zero-order valence-corrected chi connectivity index (χ0v) is 11.9. The minimum Gasteiger partial charge on any atom is -0.395 e. The standard InChI is InChI=1S/C14H23N5O/c20-9-12-7-8-13(18(12)10-3-1-2-4-10)14-15-16-17-19(14)11-5-6-11/h10-13,20H,1-9H2/t12-,13+/m0/s1. The average Bonchev–Trinajstić information content (AvgIpc) is 2.93. The van der Waals surface area contributed by atoms with Crippen LogP contribution in [0.3, 0.4) is 0 Å². The second kappa shape index (κ2) is 5.07. The van der Waals surface area contributed by atoms with Crippen LogP contribution in [0.4, 0.5) is 0 Å². The maximum absolute atomic E-state index is 9.70. The van der Waals surface area contributed by atoms with E-state index >= 15 is 0 Å². The Labute approximate surface area is 119 Å². The Morgan fingerprint density at radius 2 is 1.80 bits per heavy atom. The molecule has 0 spiro atoms. The van der Waals surface area contributed by atoms with Gasteiger partial charge < -0.3 is 5.11 Å². The molecule has 1 N–H and O–H groups in total. The van der Waals surface area contributed by atoms with Crippen LogP contribution in [0.5, 0.6) is 0 Å². The largest absolute Gasteiger partial charge is 0.395 e. The maximum atomic E-state index is 9.70. The van der Waals surface area contributed by atoms with Crippen molar-refractivity contribution in [2.24, 2.45) is 0 Å². The van der Waals surface area contributed by atoms with Crippen molar-refractivity contribution in [1.82, 2.24) is 25.1 Å². The number of nitrogens with zero attached hydrogens (tertiary/aromatic N) is 5. The van der Waals surface area contributed by atoms with Gasteiger partial charge in [0.2, 0.25) is 0 Å². The number of rotatable bonds is 4. The van der Waals surface area contributed by atoms with Gasteiger partial charge in [-0.15, -0.1) is 5.10 Å². The summed E-state index contributed by atoms with van der Waals surface area (Å²) in [5.74, 6) is 1.04. The molecule has 1 aliphatic heterocycles. The summed E-state index contributed by atoms with van der Waals surface area (Å²) >= 11 is 0. The highest BCUT2D eigenvalue weighted by Crippen LogP contribution is 2.43. The second-order valence-electron chi connectivity index (χ2n) is 6.53. The molecule has 2 heterocycles. The Bertz CT molecular complexity index is 466. The first-order valence-electron chi connectivity index (χ1n) is 8.04. The van der Waals surface area contributed by atoms with Crippen molar-refractivity contribution >= 4 is 0 Å². The van der Waals surface area contributed by atoms with Gasteiger partial charge in [-0.2, -0.15) is 0 Å². The van der Waals surface area contributed by atoms with Gasteiger partial charge >= 0.3 is 0 Å². The lowest BCUT2D eigenvalue weighted by atomic mass is 10.1. The van der Waals surface area contributed by atoms with Crippen LogP contribution in [0.15, 0.2) is 0 Å². The molecule has 0 aromatic carbocycles. The molecule has 2 aliphatic carbocycles. The number of likely N-dealkylation sites (tertiary alicyclic amines) is 1. The highest BCUT2D eigenvalue weighted by molar-refractivity contribution is 5.05. The maximum Gasteiger partial charge on any atom is 0.168 e. The minimum atomic E-state index is 0.262. The quantitative estimate of drug-likeness (QED) is 0.902. The van der Waals surface area contributed by atoms with Crippen LogP contribution < -0.4 is 0 Å². The van der Waals surface area contributed by atoms with Crippen molar-refractivity contribution in [2.45, 2.75) is 75.5 Å². The zero-order chi connectivity index (χ0) is 13.5. The minimum absolute atomic E-state index is 0.262. The van der Waals surface area contributed by atoms with Gasteiger partial charge in [-0.25, -0.2) is 4.68 Å². The van der Waals surface area contributed by atoms with E-state index in [1.165, 1.54) is 38.5 Å². The third kappa shape index (κ3) is 2.05. The smallest absolute Gasteiger partial charge is 0.168 e. The predicted molar refractivity (Wildman–Crippen MR) is 73.0 cm³/mol. The zero-order valence-electron chi connectivity index (χ0n) is 11.9. The summed E-state index contributed by atoms with van der Waals surface area (Å²) in [6, 6.07) is 1.75. The number of tetrazole rings is 1. The molecule has 0 radical (unpaired) electrons. The van der Waals surface area contributed by atoms with E-state index in [0.717, 1.165) is 18.7 Å². The fraction of sp³-hybridized carbons (Fsp3) is 0.929. The normalized spacial score (nSPS) is 32.2. The summed E-state index contributed by atoms with van der Waals surface area (Å²) in [7, 11) is 0. The SMILES string of the molecule is OC[C@@H]1CC[C@H](c2nnnn2C2CC2)N1C1CCCC1. The Morgan fingerprint density at radius 1 is 1.00 bits per heavy atom. The van der Waals surface area contributed by atoms with Crippen molar-refractivity contribution in [3.05, 3.63) is 5.82 Å². The third-order valence-electron chi connectivity index (χ3n) is 5.22. The van der Waals surface area contributed by atoms with Crippen molar-refractivity contribution in [2.75, 3.05) is 6.61 Å². The molecule has 1 aromatic rings.